The Labute approximate surface area is 82.1 Å². The van der Waals surface area contributed by atoms with Crippen molar-refractivity contribution in [1.82, 2.24) is 0 Å². The fourth-order valence-corrected chi connectivity index (χ4v) is 3.04. The van der Waals surface area contributed by atoms with E-state index < -0.39 is 0 Å². The highest BCUT2D eigenvalue weighted by atomic mass is 14.7. The normalized spacial score (nSPS) is 38.3. The second-order valence-corrected chi connectivity index (χ2v) is 5.30. The lowest BCUT2D eigenvalue weighted by Gasteiger charge is -2.39. The maximum atomic E-state index is 6.32. The van der Waals surface area contributed by atoms with Crippen LogP contribution in [0.25, 0.3) is 0 Å². The van der Waals surface area contributed by atoms with Gasteiger partial charge in [-0.1, -0.05) is 26.2 Å². The zero-order valence-corrected chi connectivity index (χ0v) is 8.84. The van der Waals surface area contributed by atoms with Crippen LogP contribution in [0.5, 0.6) is 0 Å². The summed E-state index contributed by atoms with van der Waals surface area (Å²) in [6.45, 7) is 2.39. The molecular formula is C12H23N. The lowest BCUT2D eigenvalue weighted by Crippen LogP contribution is -2.42. The van der Waals surface area contributed by atoms with Gasteiger partial charge in [0.15, 0.2) is 0 Å². The van der Waals surface area contributed by atoms with Crippen molar-refractivity contribution < 1.29 is 0 Å². The lowest BCUT2D eigenvalue weighted by atomic mass is 9.69. The summed E-state index contributed by atoms with van der Waals surface area (Å²) < 4.78 is 0. The first-order valence-corrected chi connectivity index (χ1v) is 6.03. The Morgan fingerprint density at radius 3 is 2.15 bits per heavy atom. The van der Waals surface area contributed by atoms with Crippen LogP contribution in [0.3, 0.4) is 0 Å². The Morgan fingerprint density at radius 1 is 1.00 bits per heavy atom. The molecule has 2 saturated carbocycles. The molecule has 0 radical (unpaired) electrons. The zero-order valence-electron chi connectivity index (χ0n) is 8.84. The summed E-state index contributed by atoms with van der Waals surface area (Å²) in [6, 6.07) is 0.538. The number of hydrogen-bond acceptors (Lipinski definition) is 1. The van der Waals surface area contributed by atoms with Crippen molar-refractivity contribution in [2.24, 2.45) is 23.5 Å². The molecule has 1 heteroatoms. The standard InChI is InChI=1S/C12H23N/c1-9-4-2-7-11(8-9)12(13)10-5-3-6-10/h9-12H,2-8,13H2,1H3. The smallest absolute Gasteiger partial charge is 0.00957 e. The molecule has 2 N–H and O–H groups in total. The molecule has 2 aliphatic carbocycles. The minimum absolute atomic E-state index is 0.538. The fourth-order valence-electron chi connectivity index (χ4n) is 3.04. The second-order valence-electron chi connectivity index (χ2n) is 5.30. The molecule has 3 atom stereocenters. The van der Waals surface area contributed by atoms with Gasteiger partial charge >= 0.3 is 0 Å². The van der Waals surface area contributed by atoms with Crippen molar-refractivity contribution in [3.05, 3.63) is 0 Å². The molecule has 3 unspecified atom stereocenters. The second kappa shape index (κ2) is 4.00. The van der Waals surface area contributed by atoms with E-state index in [-0.39, 0.29) is 0 Å². The molecule has 0 aliphatic heterocycles. The molecule has 0 bridgehead atoms. The molecule has 2 rings (SSSR count). The van der Waals surface area contributed by atoms with Gasteiger partial charge in [-0.15, -0.1) is 0 Å². The van der Waals surface area contributed by atoms with Crippen LogP contribution >= 0.6 is 0 Å². The summed E-state index contributed by atoms with van der Waals surface area (Å²) >= 11 is 0. The first-order valence-electron chi connectivity index (χ1n) is 6.03. The zero-order chi connectivity index (χ0) is 9.26. The number of hydrogen-bond donors (Lipinski definition) is 1. The molecule has 0 amide bonds. The average Bonchev–Trinajstić information content (AvgIpc) is 2.01. The van der Waals surface area contributed by atoms with Crippen LogP contribution in [0.2, 0.25) is 0 Å². The predicted octanol–water partition coefficient (Wildman–Crippen LogP) is 2.94. The van der Waals surface area contributed by atoms with Gasteiger partial charge in [0.25, 0.3) is 0 Å². The van der Waals surface area contributed by atoms with E-state index in [9.17, 15) is 0 Å². The van der Waals surface area contributed by atoms with Crippen LogP contribution < -0.4 is 5.73 Å². The Kier molecular flexibility index (Phi) is 2.92. The SMILES string of the molecule is CC1CCCC(C(N)C2CCC2)C1. The van der Waals surface area contributed by atoms with Gasteiger partial charge in [-0.2, -0.15) is 0 Å². The highest BCUT2D eigenvalue weighted by Crippen LogP contribution is 2.38. The van der Waals surface area contributed by atoms with Gasteiger partial charge in [0.2, 0.25) is 0 Å². The maximum absolute atomic E-state index is 6.32. The summed E-state index contributed by atoms with van der Waals surface area (Å²) in [7, 11) is 0. The third-order valence-corrected chi connectivity index (χ3v) is 4.22. The Bertz CT molecular complexity index is 163. The van der Waals surface area contributed by atoms with Crippen LogP contribution in [0.4, 0.5) is 0 Å². The maximum Gasteiger partial charge on any atom is 0.00957 e. The van der Waals surface area contributed by atoms with Gasteiger partial charge < -0.3 is 5.73 Å². The average molecular weight is 181 g/mol. The van der Waals surface area contributed by atoms with Gasteiger partial charge in [0.05, 0.1) is 0 Å². The van der Waals surface area contributed by atoms with Crippen LogP contribution in [0.1, 0.15) is 51.9 Å². The van der Waals surface area contributed by atoms with E-state index in [1.54, 1.807) is 0 Å². The van der Waals surface area contributed by atoms with E-state index in [0.717, 1.165) is 17.8 Å². The fraction of sp³-hybridized carbons (Fsp3) is 1.00. The minimum Gasteiger partial charge on any atom is -0.327 e. The molecule has 0 heterocycles. The van der Waals surface area contributed by atoms with E-state index >= 15 is 0 Å². The summed E-state index contributed by atoms with van der Waals surface area (Å²) in [5, 5.41) is 0. The molecule has 0 saturated heterocycles. The van der Waals surface area contributed by atoms with Gasteiger partial charge in [-0.3, -0.25) is 0 Å². The Morgan fingerprint density at radius 2 is 1.62 bits per heavy atom. The van der Waals surface area contributed by atoms with E-state index in [0.29, 0.717) is 6.04 Å². The molecular weight excluding hydrogens is 158 g/mol. The van der Waals surface area contributed by atoms with Crippen molar-refractivity contribution in [1.29, 1.82) is 0 Å². The van der Waals surface area contributed by atoms with E-state index in [2.05, 4.69) is 6.92 Å². The molecule has 13 heavy (non-hydrogen) atoms. The van der Waals surface area contributed by atoms with Gasteiger partial charge in [-0.05, 0) is 43.4 Å². The van der Waals surface area contributed by atoms with E-state index in [1.165, 1.54) is 44.9 Å². The van der Waals surface area contributed by atoms with Crippen LogP contribution in [0.15, 0.2) is 0 Å². The molecule has 0 spiro atoms. The number of nitrogens with two attached hydrogens (primary N) is 1. The molecule has 1 nitrogen and oxygen atoms in total. The van der Waals surface area contributed by atoms with Crippen molar-refractivity contribution >= 4 is 0 Å². The third kappa shape index (κ3) is 2.07. The summed E-state index contributed by atoms with van der Waals surface area (Å²) in [5.41, 5.74) is 6.32. The lowest BCUT2D eigenvalue weighted by molar-refractivity contribution is 0.157. The largest absolute Gasteiger partial charge is 0.327 e. The Hall–Kier alpha value is -0.0400. The highest BCUT2D eigenvalue weighted by molar-refractivity contribution is 4.87. The van der Waals surface area contributed by atoms with Crippen molar-refractivity contribution in [2.45, 2.75) is 57.9 Å². The van der Waals surface area contributed by atoms with Crippen LogP contribution in [-0.2, 0) is 0 Å². The van der Waals surface area contributed by atoms with Crippen molar-refractivity contribution in [3.63, 3.8) is 0 Å². The van der Waals surface area contributed by atoms with Gasteiger partial charge in [-0.25, -0.2) is 0 Å². The first-order chi connectivity index (χ1) is 6.27. The molecule has 0 aromatic rings. The van der Waals surface area contributed by atoms with E-state index in [1.807, 2.05) is 0 Å². The summed E-state index contributed by atoms with van der Waals surface area (Å²) in [4.78, 5) is 0. The number of rotatable bonds is 2. The molecule has 2 aliphatic rings. The molecule has 0 aromatic carbocycles. The predicted molar refractivity (Wildman–Crippen MR) is 56.4 cm³/mol. The minimum atomic E-state index is 0.538. The van der Waals surface area contributed by atoms with Crippen molar-refractivity contribution in [3.8, 4) is 0 Å². The summed E-state index contributed by atoms with van der Waals surface area (Å²) in [6.07, 6.45) is 9.92. The summed E-state index contributed by atoms with van der Waals surface area (Å²) in [5.74, 6) is 2.68. The third-order valence-electron chi connectivity index (χ3n) is 4.22. The van der Waals surface area contributed by atoms with Crippen LogP contribution in [-0.4, -0.2) is 6.04 Å². The Balaban J connectivity index is 1.83. The molecule has 0 aromatic heterocycles. The highest BCUT2D eigenvalue weighted by Gasteiger charge is 2.32. The van der Waals surface area contributed by atoms with Crippen LogP contribution in [0, 0.1) is 17.8 Å². The first kappa shape index (κ1) is 9.51. The van der Waals surface area contributed by atoms with E-state index in [4.69, 9.17) is 5.73 Å². The molecule has 2 fully saturated rings. The topological polar surface area (TPSA) is 26.0 Å². The van der Waals surface area contributed by atoms with Gasteiger partial charge in [0, 0.05) is 6.04 Å². The van der Waals surface area contributed by atoms with Gasteiger partial charge in [0.1, 0.15) is 0 Å². The molecule has 76 valence electrons. The van der Waals surface area contributed by atoms with Crippen molar-refractivity contribution in [2.75, 3.05) is 0 Å². The monoisotopic (exact) mass is 181 g/mol. The quantitative estimate of drug-likeness (QED) is 0.696.